The minimum Gasteiger partial charge on any atom is -0.275 e. The van der Waals surface area contributed by atoms with Crippen molar-refractivity contribution in [3.05, 3.63) is 35.9 Å². The van der Waals surface area contributed by atoms with Gasteiger partial charge in [-0.05, 0) is 6.42 Å². The third-order valence-electron chi connectivity index (χ3n) is 2.48. The van der Waals surface area contributed by atoms with Gasteiger partial charge in [0.25, 0.3) is 0 Å². The smallest absolute Gasteiger partial charge is 0.0690 e. The number of rotatable bonds is 4. The van der Waals surface area contributed by atoms with E-state index in [9.17, 15) is 0 Å². The van der Waals surface area contributed by atoms with Gasteiger partial charge in [0.2, 0.25) is 0 Å². The van der Waals surface area contributed by atoms with Gasteiger partial charge in [-0.15, -0.1) is 11.6 Å². The summed E-state index contributed by atoms with van der Waals surface area (Å²) in [6.45, 7) is 2.80. The summed E-state index contributed by atoms with van der Waals surface area (Å²) < 4.78 is 3.67. The fourth-order valence-electron chi connectivity index (χ4n) is 1.60. The average molecular weight is 239 g/mol. The highest BCUT2D eigenvalue weighted by atomic mass is 35.5. The van der Waals surface area contributed by atoms with Crippen LogP contribution < -0.4 is 0 Å². The molecule has 0 saturated heterocycles. The van der Waals surface area contributed by atoms with Gasteiger partial charge in [-0.25, -0.2) is 0 Å². The van der Waals surface area contributed by atoms with Crippen LogP contribution in [0.1, 0.15) is 29.8 Å². The summed E-state index contributed by atoms with van der Waals surface area (Å²) in [5.74, 6) is 0. The Morgan fingerprint density at radius 2 is 2.12 bits per heavy atom. The van der Waals surface area contributed by atoms with Gasteiger partial charge in [-0.2, -0.15) is 10.2 Å². The van der Waals surface area contributed by atoms with Crippen molar-refractivity contribution in [1.29, 1.82) is 0 Å². The Morgan fingerprint density at radius 1 is 1.31 bits per heavy atom. The van der Waals surface area contributed by atoms with Gasteiger partial charge in [-0.3, -0.25) is 9.36 Å². The molecule has 2 aromatic rings. The highest BCUT2D eigenvalue weighted by Crippen LogP contribution is 2.22. The van der Waals surface area contributed by atoms with E-state index in [1.165, 1.54) is 0 Å². The molecule has 5 heteroatoms. The summed E-state index contributed by atoms with van der Waals surface area (Å²) in [5, 5.41) is 8.46. The summed E-state index contributed by atoms with van der Waals surface area (Å²) in [4.78, 5) is 0. The van der Waals surface area contributed by atoms with E-state index in [0.717, 1.165) is 24.1 Å². The van der Waals surface area contributed by atoms with Crippen molar-refractivity contribution < 1.29 is 0 Å². The average Bonchev–Trinajstić information content (AvgIpc) is 2.87. The van der Waals surface area contributed by atoms with Crippen molar-refractivity contribution in [1.82, 2.24) is 19.6 Å². The lowest BCUT2D eigenvalue weighted by molar-refractivity contribution is 0.684. The first-order valence-electron chi connectivity index (χ1n) is 5.33. The van der Waals surface area contributed by atoms with Gasteiger partial charge < -0.3 is 0 Å². The Kier molecular flexibility index (Phi) is 3.29. The lowest BCUT2D eigenvalue weighted by Gasteiger charge is -2.01. The molecular formula is C11H15ClN4. The van der Waals surface area contributed by atoms with E-state index in [2.05, 4.69) is 17.1 Å². The molecule has 0 bridgehead atoms. The SMILES string of the molecule is CCC(Cl)c1cnn(Cc2cnn(C)c2)c1. The molecule has 0 fully saturated rings. The first-order valence-corrected chi connectivity index (χ1v) is 5.76. The number of alkyl halides is 1. The zero-order valence-electron chi connectivity index (χ0n) is 9.47. The van der Waals surface area contributed by atoms with Crippen LogP contribution in [-0.2, 0) is 13.6 Å². The van der Waals surface area contributed by atoms with E-state index in [0.29, 0.717) is 0 Å². The van der Waals surface area contributed by atoms with Crippen LogP contribution in [0.15, 0.2) is 24.8 Å². The molecule has 0 aromatic carbocycles. The molecule has 0 amide bonds. The molecule has 1 atom stereocenters. The molecule has 0 spiro atoms. The monoisotopic (exact) mass is 238 g/mol. The van der Waals surface area contributed by atoms with Crippen LogP contribution in [0.3, 0.4) is 0 Å². The Balaban J connectivity index is 2.08. The number of halogens is 1. The van der Waals surface area contributed by atoms with Crippen LogP contribution in [0.4, 0.5) is 0 Å². The minimum absolute atomic E-state index is 0.0580. The van der Waals surface area contributed by atoms with Crippen LogP contribution in [0.25, 0.3) is 0 Å². The molecule has 0 aliphatic heterocycles. The molecule has 1 unspecified atom stereocenters. The number of aryl methyl sites for hydroxylation is 1. The zero-order chi connectivity index (χ0) is 11.5. The molecule has 0 aliphatic carbocycles. The molecule has 0 saturated carbocycles. The van der Waals surface area contributed by atoms with Crippen LogP contribution in [0.2, 0.25) is 0 Å². The van der Waals surface area contributed by atoms with Gasteiger partial charge in [0.15, 0.2) is 0 Å². The minimum atomic E-state index is 0.0580. The summed E-state index contributed by atoms with van der Waals surface area (Å²) >= 11 is 6.14. The lowest BCUT2D eigenvalue weighted by Crippen LogP contribution is -1.98. The Bertz CT molecular complexity index is 460. The molecule has 0 radical (unpaired) electrons. The van der Waals surface area contributed by atoms with E-state index >= 15 is 0 Å². The van der Waals surface area contributed by atoms with Gasteiger partial charge in [0.05, 0.1) is 24.3 Å². The largest absolute Gasteiger partial charge is 0.275 e. The second-order valence-corrected chi connectivity index (χ2v) is 4.40. The van der Waals surface area contributed by atoms with Crippen LogP contribution in [0, 0.1) is 0 Å². The highest BCUT2D eigenvalue weighted by molar-refractivity contribution is 6.20. The molecule has 2 rings (SSSR count). The summed E-state index contributed by atoms with van der Waals surface area (Å²) in [6, 6.07) is 0. The number of hydrogen-bond donors (Lipinski definition) is 0. The van der Waals surface area contributed by atoms with Crippen molar-refractivity contribution in [3.63, 3.8) is 0 Å². The lowest BCUT2D eigenvalue weighted by atomic mass is 10.2. The Morgan fingerprint density at radius 3 is 2.75 bits per heavy atom. The maximum atomic E-state index is 6.14. The van der Waals surface area contributed by atoms with Crippen LogP contribution in [-0.4, -0.2) is 19.6 Å². The molecule has 2 heterocycles. The molecular weight excluding hydrogens is 224 g/mol. The second kappa shape index (κ2) is 4.70. The van der Waals surface area contributed by atoms with Crippen LogP contribution >= 0.6 is 11.6 Å². The van der Waals surface area contributed by atoms with E-state index < -0.39 is 0 Å². The highest BCUT2D eigenvalue weighted by Gasteiger charge is 2.08. The third kappa shape index (κ3) is 2.44. The zero-order valence-corrected chi connectivity index (χ0v) is 10.2. The fraction of sp³-hybridized carbons (Fsp3) is 0.455. The molecule has 86 valence electrons. The maximum absolute atomic E-state index is 6.14. The molecule has 4 nitrogen and oxygen atoms in total. The van der Waals surface area contributed by atoms with Gasteiger partial charge >= 0.3 is 0 Å². The molecule has 0 aliphatic rings. The van der Waals surface area contributed by atoms with Crippen LogP contribution in [0.5, 0.6) is 0 Å². The quantitative estimate of drug-likeness (QED) is 0.767. The predicted octanol–water partition coefficient (Wildman–Crippen LogP) is 2.35. The standard InChI is InChI=1S/C11H15ClN4/c1-3-11(12)10-5-14-16(8-10)7-9-4-13-15(2)6-9/h4-6,8,11H,3,7H2,1-2H3. The van der Waals surface area contributed by atoms with E-state index in [4.69, 9.17) is 11.6 Å². The number of nitrogens with zero attached hydrogens (tertiary/aromatic N) is 4. The van der Waals surface area contributed by atoms with Crippen molar-refractivity contribution in [2.24, 2.45) is 7.05 Å². The Labute approximate surface area is 99.8 Å². The Hall–Kier alpha value is -1.29. The van der Waals surface area contributed by atoms with Gasteiger partial charge in [0.1, 0.15) is 0 Å². The second-order valence-electron chi connectivity index (χ2n) is 3.87. The van der Waals surface area contributed by atoms with Gasteiger partial charge in [-0.1, -0.05) is 6.92 Å². The topological polar surface area (TPSA) is 35.6 Å². The number of aromatic nitrogens is 4. The van der Waals surface area contributed by atoms with E-state index in [1.807, 2.05) is 36.5 Å². The first-order chi connectivity index (χ1) is 7.69. The van der Waals surface area contributed by atoms with Crippen molar-refractivity contribution in [2.75, 3.05) is 0 Å². The maximum Gasteiger partial charge on any atom is 0.0690 e. The van der Waals surface area contributed by atoms with Gasteiger partial charge in [0, 0.05) is 30.6 Å². The van der Waals surface area contributed by atoms with Crippen molar-refractivity contribution in [3.8, 4) is 0 Å². The third-order valence-corrected chi connectivity index (χ3v) is 3.04. The summed E-state index contributed by atoms with van der Waals surface area (Å²) in [6.07, 6.45) is 8.57. The first kappa shape index (κ1) is 11.2. The predicted molar refractivity (Wildman–Crippen MR) is 63.4 cm³/mol. The van der Waals surface area contributed by atoms with Crippen molar-refractivity contribution >= 4 is 11.6 Å². The summed E-state index contributed by atoms with van der Waals surface area (Å²) in [7, 11) is 1.91. The number of hydrogen-bond acceptors (Lipinski definition) is 2. The normalized spacial score (nSPS) is 12.9. The molecule has 16 heavy (non-hydrogen) atoms. The van der Waals surface area contributed by atoms with Crippen molar-refractivity contribution in [2.45, 2.75) is 25.3 Å². The summed E-state index contributed by atoms with van der Waals surface area (Å²) in [5.41, 5.74) is 2.22. The fourth-order valence-corrected chi connectivity index (χ4v) is 1.72. The van der Waals surface area contributed by atoms with E-state index in [-0.39, 0.29) is 5.38 Å². The molecule has 2 aromatic heterocycles. The van der Waals surface area contributed by atoms with E-state index in [1.54, 1.807) is 4.68 Å². The molecule has 0 N–H and O–H groups in total.